The van der Waals surface area contributed by atoms with Gasteiger partial charge < -0.3 is 15.7 Å². The van der Waals surface area contributed by atoms with Gasteiger partial charge in [0.15, 0.2) is 5.69 Å². The second-order valence-corrected chi connectivity index (χ2v) is 6.05. The molecular formula is C19H15N7O3. The monoisotopic (exact) mass is 389 g/mol. The topological polar surface area (TPSA) is 146 Å². The highest BCUT2D eigenvalue weighted by molar-refractivity contribution is 6.05. The maximum atomic E-state index is 12.5. The third-order valence-electron chi connectivity index (χ3n) is 4.11. The molecule has 0 atom stereocenters. The molecule has 0 aliphatic carbocycles. The normalized spacial score (nSPS) is 10.6. The summed E-state index contributed by atoms with van der Waals surface area (Å²) in [4.78, 5) is 32.7. The Hall–Kier alpha value is -4.34. The zero-order chi connectivity index (χ0) is 20.2. The average molecular weight is 389 g/mol. The van der Waals surface area contributed by atoms with Crippen LogP contribution in [0.5, 0.6) is 5.75 Å². The number of hydrogen-bond acceptors (Lipinski definition) is 7. The Balaban J connectivity index is 1.44. The number of rotatable bonds is 5. The molecule has 4 aromatic rings. The number of aromatic amines is 1. The molecule has 0 spiro atoms. The van der Waals surface area contributed by atoms with Gasteiger partial charge in [-0.05, 0) is 42.0 Å². The molecule has 0 saturated carbocycles. The number of pyridine rings is 2. The van der Waals surface area contributed by atoms with Crippen molar-refractivity contribution in [1.29, 1.82) is 0 Å². The van der Waals surface area contributed by atoms with E-state index in [0.717, 1.165) is 5.56 Å². The highest BCUT2D eigenvalue weighted by Gasteiger charge is 2.14. The fourth-order valence-corrected chi connectivity index (χ4v) is 2.73. The summed E-state index contributed by atoms with van der Waals surface area (Å²) in [6.07, 6.45) is 2.91. The van der Waals surface area contributed by atoms with Gasteiger partial charge in [-0.1, -0.05) is 6.07 Å². The number of amides is 2. The number of anilines is 1. The van der Waals surface area contributed by atoms with Gasteiger partial charge in [-0.3, -0.25) is 9.59 Å². The van der Waals surface area contributed by atoms with E-state index in [9.17, 15) is 14.7 Å². The molecule has 2 amide bonds. The van der Waals surface area contributed by atoms with E-state index in [4.69, 9.17) is 0 Å². The summed E-state index contributed by atoms with van der Waals surface area (Å²) in [7, 11) is 0. The number of aromatic hydroxyl groups is 1. The first kappa shape index (κ1) is 18.0. The lowest BCUT2D eigenvalue weighted by Gasteiger charge is -2.08. The Morgan fingerprint density at radius 3 is 2.76 bits per heavy atom. The van der Waals surface area contributed by atoms with Crippen molar-refractivity contribution in [2.45, 2.75) is 6.54 Å². The van der Waals surface area contributed by atoms with Crippen LogP contribution in [0.15, 0.2) is 54.9 Å². The van der Waals surface area contributed by atoms with Gasteiger partial charge in [0.1, 0.15) is 22.6 Å². The maximum Gasteiger partial charge on any atom is 0.279 e. The number of para-hydroxylation sites is 1. The molecule has 0 fully saturated rings. The van der Waals surface area contributed by atoms with E-state index >= 15 is 0 Å². The number of nitrogens with zero attached hydrogens (tertiary/aromatic N) is 4. The highest BCUT2D eigenvalue weighted by atomic mass is 16.3. The Kier molecular flexibility index (Phi) is 4.81. The van der Waals surface area contributed by atoms with Gasteiger partial charge in [0.25, 0.3) is 11.8 Å². The van der Waals surface area contributed by atoms with E-state index in [1.54, 1.807) is 30.3 Å². The zero-order valence-electron chi connectivity index (χ0n) is 15.0. The van der Waals surface area contributed by atoms with Gasteiger partial charge in [0.2, 0.25) is 0 Å². The van der Waals surface area contributed by atoms with Crippen molar-refractivity contribution in [3.05, 3.63) is 71.7 Å². The standard InChI is InChI=1S/C19H15N7O3/c27-14-5-2-7-21-17(14)19(29)23-15-9-11(6-8-20-15)10-22-18(28)12-3-1-4-13-16(12)25-26-24-13/h1-9,27H,10H2,(H,22,28)(H,20,23,29)(H,24,25,26). The van der Waals surface area contributed by atoms with Crippen LogP contribution in [0, 0.1) is 0 Å². The predicted molar refractivity (Wildman–Crippen MR) is 103 cm³/mol. The Morgan fingerprint density at radius 1 is 1.00 bits per heavy atom. The molecule has 0 unspecified atom stereocenters. The third-order valence-corrected chi connectivity index (χ3v) is 4.11. The fourth-order valence-electron chi connectivity index (χ4n) is 2.73. The number of nitrogens with one attached hydrogen (secondary N) is 3. The minimum absolute atomic E-state index is 0.103. The van der Waals surface area contributed by atoms with Gasteiger partial charge >= 0.3 is 0 Å². The summed E-state index contributed by atoms with van der Waals surface area (Å²) in [5.74, 6) is -0.847. The van der Waals surface area contributed by atoms with Crippen LogP contribution in [0.25, 0.3) is 11.0 Å². The molecule has 1 aromatic carbocycles. The van der Waals surface area contributed by atoms with Crippen molar-refractivity contribution in [2.24, 2.45) is 0 Å². The van der Waals surface area contributed by atoms with Crippen molar-refractivity contribution >= 4 is 28.7 Å². The molecule has 10 heteroatoms. The molecule has 3 aromatic heterocycles. The lowest BCUT2D eigenvalue weighted by atomic mass is 10.1. The maximum absolute atomic E-state index is 12.5. The van der Waals surface area contributed by atoms with Crippen molar-refractivity contribution in [3.8, 4) is 5.75 Å². The largest absolute Gasteiger partial charge is 0.505 e. The third kappa shape index (κ3) is 3.86. The second kappa shape index (κ2) is 7.72. The van der Waals surface area contributed by atoms with Crippen LogP contribution >= 0.6 is 0 Å². The summed E-state index contributed by atoms with van der Waals surface area (Å²) >= 11 is 0. The number of H-pyrrole nitrogens is 1. The van der Waals surface area contributed by atoms with E-state index in [1.807, 2.05) is 0 Å². The average Bonchev–Trinajstić information content (AvgIpc) is 3.21. The van der Waals surface area contributed by atoms with Crippen molar-refractivity contribution in [3.63, 3.8) is 0 Å². The molecule has 3 heterocycles. The number of hydrogen-bond donors (Lipinski definition) is 4. The molecular weight excluding hydrogens is 374 g/mol. The van der Waals surface area contributed by atoms with Gasteiger partial charge in [-0.2, -0.15) is 15.4 Å². The smallest absolute Gasteiger partial charge is 0.279 e. The van der Waals surface area contributed by atoms with Crippen LogP contribution in [0.3, 0.4) is 0 Å². The van der Waals surface area contributed by atoms with E-state index in [-0.39, 0.29) is 29.7 Å². The van der Waals surface area contributed by atoms with Crippen LogP contribution in [-0.4, -0.2) is 42.3 Å². The van der Waals surface area contributed by atoms with Crippen LogP contribution in [0.1, 0.15) is 26.4 Å². The lowest BCUT2D eigenvalue weighted by Crippen LogP contribution is -2.23. The predicted octanol–water partition coefficient (Wildman–Crippen LogP) is 1.64. The van der Waals surface area contributed by atoms with Crippen LogP contribution in [-0.2, 0) is 6.54 Å². The molecule has 0 saturated heterocycles. The van der Waals surface area contributed by atoms with E-state index in [2.05, 4.69) is 36.0 Å². The minimum atomic E-state index is -0.588. The number of benzene rings is 1. The Labute approximate surface area is 164 Å². The number of fused-ring (bicyclic) bond motifs is 1. The summed E-state index contributed by atoms with van der Waals surface area (Å²) in [6, 6.07) is 11.4. The van der Waals surface area contributed by atoms with E-state index in [1.165, 1.54) is 24.5 Å². The molecule has 0 aliphatic heterocycles. The van der Waals surface area contributed by atoms with Gasteiger partial charge in [-0.25, -0.2) is 9.97 Å². The zero-order valence-corrected chi connectivity index (χ0v) is 15.0. The summed E-state index contributed by atoms with van der Waals surface area (Å²) in [6.45, 7) is 0.216. The van der Waals surface area contributed by atoms with Crippen molar-refractivity contribution in [1.82, 2.24) is 30.7 Å². The fraction of sp³-hybridized carbons (Fsp3) is 0.0526. The molecule has 4 rings (SSSR count). The Bertz CT molecular complexity index is 1210. The molecule has 4 N–H and O–H groups in total. The number of carbonyl (C=O) groups excluding carboxylic acids is 2. The quantitative estimate of drug-likeness (QED) is 0.406. The second-order valence-electron chi connectivity index (χ2n) is 6.05. The molecule has 144 valence electrons. The van der Waals surface area contributed by atoms with E-state index < -0.39 is 5.91 Å². The molecule has 0 aliphatic rings. The van der Waals surface area contributed by atoms with Crippen molar-refractivity contribution < 1.29 is 14.7 Å². The molecule has 0 bridgehead atoms. The first-order valence-corrected chi connectivity index (χ1v) is 8.60. The summed E-state index contributed by atoms with van der Waals surface area (Å²) in [5.41, 5.74) is 2.12. The van der Waals surface area contributed by atoms with Gasteiger partial charge in [-0.15, -0.1) is 0 Å². The summed E-state index contributed by atoms with van der Waals surface area (Å²) < 4.78 is 0. The van der Waals surface area contributed by atoms with Gasteiger partial charge in [0, 0.05) is 18.9 Å². The summed E-state index contributed by atoms with van der Waals surface area (Å²) in [5, 5.41) is 25.6. The lowest BCUT2D eigenvalue weighted by molar-refractivity contribution is 0.0951. The van der Waals surface area contributed by atoms with Crippen LogP contribution in [0.2, 0.25) is 0 Å². The first-order chi connectivity index (χ1) is 14.1. The number of carbonyl (C=O) groups is 2. The van der Waals surface area contributed by atoms with Crippen molar-refractivity contribution in [2.75, 3.05) is 5.32 Å². The molecule has 29 heavy (non-hydrogen) atoms. The van der Waals surface area contributed by atoms with Crippen LogP contribution in [0.4, 0.5) is 5.82 Å². The molecule has 10 nitrogen and oxygen atoms in total. The highest BCUT2D eigenvalue weighted by Crippen LogP contribution is 2.16. The Morgan fingerprint density at radius 2 is 1.90 bits per heavy atom. The minimum Gasteiger partial charge on any atom is -0.505 e. The number of aromatic nitrogens is 5. The van der Waals surface area contributed by atoms with E-state index in [0.29, 0.717) is 16.6 Å². The first-order valence-electron chi connectivity index (χ1n) is 8.60. The SMILES string of the molecule is O=C(Nc1cc(CNC(=O)c2cccc3n[nH]nc23)ccn1)c1ncccc1O. The molecule has 0 radical (unpaired) electrons. The van der Waals surface area contributed by atoms with Crippen LogP contribution < -0.4 is 10.6 Å². The van der Waals surface area contributed by atoms with Gasteiger partial charge in [0.05, 0.1) is 5.56 Å².